The second kappa shape index (κ2) is 5.80. The molecule has 0 aromatic heterocycles. The summed E-state index contributed by atoms with van der Waals surface area (Å²) < 4.78 is 70.1. The summed E-state index contributed by atoms with van der Waals surface area (Å²) in [5.41, 5.74) is -0.138. The van der Waals surface area contributed by atoms with Crippen LogP contribution in [0.3, 0.4) is 0 Å². The van der Waals surface area contributed by atoms with E-state index in [0.717, 1.165) is 0 Å². The van der Waals surface area contributed by atoms with E-state index in [2.05, 4.69) is 20.7 Å². The van der Waals surface area contributed by atoms with Crippen molar-refractivity contribution in [1.29, 1.82) is 0 Å². The molecule has 0 atom stereocenters. The molecule has 0 aliphatic carbocycles. The molecule has 0 saturated carbocycles. The maximum atomic E-state index is 13.4. The van der Waals surface area contributed by atoms with Gasteiger partial charge >= 0.3 is 5.97 Å². The van der Waals surface area contributed by atoms with Gasteiger partial charge in [0.15, 0.2) is 0 Å². The van der Waals surface area contributed by atoms with Crippen molar-refractivity contribution in [3.8, 4) is 5.75 Å². The molecule has 2 aromatic rings. The van der Waals surface area contributed by atoms with E-state index in [1.165, 1.54) is 18.2 Å². The van der Waals surface area contributed by atoms with Gasteiger partial charge in [0.2, 0.25) is 34.8 Å². The number of ether oxygens (including phenoxy) is 1. The van der Waals surface area contributed by atoms with Gasteiger partial charge in [-0.15, -0.1) is 0 Å². The minimum Gasteiger partial charge on any atom is -0.416 e. The summed E-state index contributed by atoms with van der Waals surface area (Å²) in [7, 11) is 0. The molecule has 0 saturated heterocycles. The molecule has 2 aromatic carbocycles. The molecule has 110 valence electrons. The van der Waals surface area contributed by atoms with Crippen molar-refractivity contribution >= 4 is 21.9 Å². The Kier molecular flexibility index (Phi) is 4.26. The highest BCUT2D eigenvalue weighted by Crippen LogP contribution is 2.30. The third-order valence-corrected chi connectivity index (χ3v) is 3.15. The minimum absolute atomic E-state index is 0.138. The predicted molar refractivity (Wildman–Crippen MR) is 65.3 cm³/mol. The van der Waals surface area contributed by atoms with E-state index in [1.54, 1.807) is 6.07 Å². The molecule has 0 amide bonds. The highest BCUT2D eigenvalue weighted by Gasteiger charge is 2.29. The minimum atomic E-state index is -2.33. The Balaban J connectivity index is 2.46. The maximum Gasteiger partial charge on any atom is 0.344 e. The first-order valence-corrected chi connectivity index (χ1v) is 6.12. The molecule has 8 heteroatoms. The van der Waals surface area contributed by atoms with Crippen molar-refractivity contribution in [3.05, 3.63) is 63.4 Å². The molecule has 0 fully saturated rings. The van der Waals surface area contributed by atoms with Crippen molar-refractivity contribution in [2.45, 2.75) is 0 Å². The summed E-state index contributed by atoms with van der Waals surface area (Å²) in [4.78, 5) is 11.7. The lowest BCUT2D eigenvalue weighted by Crippen LogP contribution is -2.14. The normalized spacial score (nSPS) is 10.6. The lowest BCUT2D eigenvalue weighted by molar-refractivity contribution is 0.0715. The molecule has 2 rings (SSSR count). The van der Waals surface area contributed by atoms with Crippen LogP contribution in [0, 0.1) is 29.1 Å². The van der Waals surface area contributed by atoms with Gasteiger partial charge in [0.25, 0.3) is 0 Å². The first-order valence-electron chi connectivity index (χ1n) is 5.32. The van der Waals surface area contributed by atoms with Gasteiger partial charge in [0.05, 0.1) is 5.56 Å². The highest BCUT2D eigenvalue weighted by atomic mass is 79.9. The highest BCUT2D eigenvalue weighted by molar-refractivity contribution is 9.10. The van der Waals surface area contributed by atoms with Crippen molar-refractivity contribution in [2.75, 3.05) is 0 Å². The van der Waals surface area contributed by atoms with E-state index in [4.69, 9.17) is 0 Å². The van der Waals surface area contributed by atoms with Gasteiger partial charge in [-0.05, 0) is 28.1 Å². The van der Waals surface area contributed by atoms with Crippen LogP contribution in [0.15, 0.2) is 28.7 Å². The molecule has 0 unspecified atom stereocenters. The molecule has 0 heterocycles. The van der Waals surface area contributed by atoms with Crippen LogP contribution < -0.4 is 4.74 Å². The molecule has 0 aliphatic rings. The van der Waals surface area contributed by atoms with Crippen LogP contribution in [-0.2, 0) is 0 Å². The van der Waals surface area contributed by atoms with E-state index >= 15 is 0 Å². The van der Waals surface area contributed by atoms with Crippen LogP contribution in [0.1, 0.15) is 10.4 Å². The number of carbonyl (C=O) groups excluding carboxylic acids is 1. The smallest absolute Gasteiger partial charge is 0.344 e. The molecule has 2 nitrogen and oxygen atoms in total. The summed E-state index contributed by atoms with van der Waals surface area (Å²) in [6.07, 6.45) is 0. The number of carbonyl (C=O) groups is 1. The van der Waals surface area contributed by atoms with Crippen molar-refractivity contribution in [3.63, 3.8) is 0 Å². The number of esters is 1. The maximum absolute atomic E-state index is 13.4. The van der Waals surface area contributed by atoms with Gasteiger partial charge in [-0.2, -0.15) is 8.78 Å². The second-order valence-corrected chi connectivity index (χ2v) is 4.62. The number of halogens is 6. The number of rotatable bonds is 2. The molecule has 0 radical (unpaired) electrons. The molecule has 0 N–H and O–H groups in total. The Hall–Kier alpha value is -1.96. The fraction of sp³-hybridized carbons (Fsp3) is 0. The number of hydrogen-bond acceptors (Lipinski definition) is 2. The molecule has 0 spiro atoms. The largest absolute Gasteiger partial charge is 0.416 e. The van der Waals surface area contributed by atoms with E-state index in [1.807, 2.05) is 0 Å². The first-order chi connectivity index (χ1) is 9.84. The Labute approximate surface area is 123 Å². The fourth-order valence-electron chi connectivity index (χ4n) is 1.45. The summed E-state index contributed by atoms with van der Waals surface area (Å²) in [6, 6.07) is 5.67. The van der Waals surface area contributed by atoms with E-state index in [-0.39, 0.29) is 10.0 Å². The van der Waals surface area contributed by atoms with Crippen LogP contribution >= 0.6 is 15.9 Å². The van der Waals surface area contributed by atoms with Crippen LogP contribution in [0.4, 0.5) is 22.0 Å². The third kappa shape index (κ3) is 2.76. The first kappa shape index (κ1) is 15.4. The van der Waals surface area contributed by atoms with E-state index < -0.39 is 40.8 Å². The van der Waals surface area contributed by atoms with E-state index in [9.17, 15) is 26.7 Å². The Morgan fingerprint density at radius 2 is 1.33 bits per heavy atom. The van der Waals surface area contributed by atoms with Crippen molar-refractivity contribution < 1.29 is 31.5 Å². The summed E-state index contributed by atoms with van der Waals surface area (Å²) >= 11 is 2.99. The summed E-state index contributed by atoms with van der Waals surface area (Å²) in [5.74, 6) is -14.1. The van der Waals surface area contributed by atoms with Crippen LogP contribution in [0.5, 0.6) is 5.75 Å². The van der Waals surface area contributed by atoms with Crippen LogP contribution in [-0.4, -0.2) is 5.97 Å². The quantitative estimate of drug-likeness (QED) is 0.259. The zero-order valence-corrected chi connectivity index (χ0v) is 11.5. The Morgan fingerprint density at radius 1 is 0.857 bits per heavy atom. The molecule has 0 bridgehead atoms. The standard InChI is InChI=1S/C13H4BrF5O2/c14-6-4-2-1-3-5(6)13(20)21-12-10(18)8(16)7(15)9(17)11(12)19/h1-4H. The zero-order chi connectivity index (χ0) is 15.7. The Morgan fingerprint density at radius 3 is 1.86 bits per heavy atom. The van der Waals surface area contributed by atoms with Gasteiger partial charge in [-0.3, -0.25) is 0 Å². The molecular formula is C13H4BrF5O2. The molecule has 21 heavy (non-hydrogen) atoms. The lowest BCUT2D eigenvalue weighted by atomic mass is 10.2. The zero-order valence-electron chi connectivity index (χ0n) is 9.89. The average molecular weight is 367 g/mol. The molecular weight excluding hydrogens is 363 g/mol. The summed E-state index contributed by atoms with van der Waals surface area (Å²) in [6.45, 7) is 0. The topological polar surface area (TPSA) is 26.3 Å². The van der Waals surface area contributed by atoms with Crippen LogP contribution in [0.25, 0.3) is 0 Å². The monoisotopic (exact) mass is 366 g/mol. The summed E-state index contributed by atoms with van der Waals surface area (Å²) in [5, 5.41) is 0. The predicted octanol–water partition coefficient (Wildman–Crippen LogP) is 4.36. The van der Waals surface area contributed by atoms with Gasteiger partial charge < -0.3 is 4.74 Å². The van der Waals surface area contributed by atoms with Crippen molar-refractivity contribution in [1.82, 2.24) is 0 Å². The van der Waals surface area contributed by atoms with Gasteiger partial charge in [-0.25, -0.2) is 18.0 Å². The van der Waals surface area contributed by atoms with E-state index in [0.29, 0.717) is 0 Å². The Bertz CT molecular complexity index is 704. The molecule has 0 aliphatic heterocycles. The second-order valence-electron chi connectivity index (χ2n) is 3.77. The number of hydrogen-bond donors (Lipinski definition) is 0. The van der Waals surface area contributed by atoms with Gasteiger partial charge in [0.1, 0.15) is 0 Å². The SMILES string of the molecule is O=C(Oc1c(F)c(F)c(F)c(F)c1F)c1ccccc1Br. The average Bonchev–Trinajstić information content (AvgIpc) is 2.48. The fourth-order valence-corrected chi connectivity index (χ4v) is 1.90. The van der Waals surface area contributed by atoms with Gasteiger partial charge in [0, 0.05) is 4.47 Å². The lowest BCUT2D eigenvalue weighted by Gasteiger charge is -2.09. The van der Waals surface area contributed by atoms with Gasteiger partial charge in [-0.1, -0.05) is 12.1 Å². The van der Waals surface area contributed by atoms with Crippen LogP contribution in [0.2, 0.25) is 0 Å². The number of benzene rings is 2. The van der Waals surface area contributed by atoms with Crippen molar-refractivity contribution in [2.24, 2.45) is 0 Å². The third-order valence-electron chi connectivity index (χ3n) is 2.46.